The number of anilines is 1. The molecule has 0 saturated heterocycles. The largest absolute Gasteiger partial charge is 0.396 e. The van der Waals surface area contributed by atoms with Crippen LogP contribution in [0.5, 0.6) is 0 Å². The normalized spacial score (nSPS) is 11.9. The summed E-state index contributed by atoms with van der Waals surface area (Å²) >= 11 is 0. The molecule has 0 aliphatic carbocycles. The molecule has 0 radical (unpaired) electrons. The lowest BCUT2D eigenvalue weighted by Crippen LogP contribution is -2.01. The van der Waals surface area contributed by atoms with Gasteiger partial charge in [0.2, 0.25) is 0 Å². The lowest BCUT2D eigenvalue weighted by Gasteiger charge is -2.16. The number of pyridine rings is 1. The maximum absolute atomic E-state index is 6.75. The molecule has 0 saturated carbocycles. The molecule has 1 heterocycles. The van der Waals surface area contributed by atoms with Gasteiger partial charge in [0.15, 0.2) is 0 Å². The Morgan fingerprint density at radius 2 is 1.55 bits per heavy atom. The second-order valence-electron chi connectivity index (χ2n) is 7.79. The zero-order chi connectivity index (χ0) is 20.4. The highest BCUT2D eigenvalue weighted by molar-refractivity contribution is 6.04. The molecule has 1 aromatic heterocycles. The van der Waals surface area contributed by atoms with E-state index in [9.17, 15) is 0 Å². The lowest BCUT2D eigenvalue weighted by atomic mass is 9.91. The molecular formula is C27H26N2. The zero-order valence-electron chi connectivity index (χ0n) is 17.2. The molecule has 4 aromatic rings. The summed E-state index contributed by atoms with van der Waals surface area (Å²) in [5.74, 6) is 0.408. The average Bonchev–Trinajstić information content (AvgIpc) is 2.74. The molecule has 2 N–H and O–H groups in total. The smallest absolute Gasteiger partial charge is 0.0946 e. The minimum absolute atomic E-state index is 0.408. The number of fused-ring (bicyclic) bond motifs is 1. The first kappa shape index (κ1) is 18.9. The second kappa shape index (κ2) is 7.92. The number of allylic oxidation sites excluding steroid dienone is 1. The van der Waals surface area contributed by atoms with Crippen LogP contribution in [0, 0.1) is 12.8 Å². The fourth-order valence-corrected chi connectivity index (χ4v) is 3.83. The third kappa shape index (κ3) is 3.79. The van der Waals surface area contributed by atoms with Gasteiger partial charge >= 0.3 is 0 Å². The predicted octanol–water partition coefficient (Wildman–Crippen LogP) is 6.88. The van der Waals surface area contributed by atoms with Crippen molar-refractivity contribution in [1.82, 2.24) is 4.98 Å². The van der Waals surface area contributed by atoms with Crippen molar-refractivity contribution >= 4 is 22.2 Å². The van der Waals surface area contributed by atoms with E-state index in [1.165, 1.54) is 16.7 Å². The van der Waals surface area contributed by atoms with Crippen molar-refractivity contribution in [2.75, 3.05) is 5.73 Å². The predicted molar refractivity (Wildman–Crippen MR) is 125 cm³/mol. The summed E-state index contributed by atoms with van der Waals surface area (Å²) in [5.41, 5.74) is 15.0. The Bertz CT molecular complexity index is 1170. The van der Waals surface area contributed by atoms with Crippen LogP contribution in [-0.4, -0.2) is 4.98 Å². The van der Waals surface area contributed by atoms with E-state index in [1.807, 2.05) is 19.1 Å². The molecule has 0 fully saturated rings. The third-order valence-electron chi connectivity index (χ3n) is 5.11. The number of benzene rings is 3. The van der Waals surface area contributed by atoms with Crippen LogP contribution in [0.3, 0.4) is 0 Å². The Morgan fingerprint density at radius 3 is 2.21 bits per heavy atom. The molecule has 2 nitrogen and oxygen atoms in total. The van der Waals surface area contributed by atoms with Gasteiger partial charge in [-0.2, -0.15) is 0 Å². The van der Waals surface area contributed by atoms with Gasteiger partial charge in [0, 0.05) is 16.6 Å². The Labute approximate surface area is 172 Å². The van der Waals surface area contributed by atoms with Crippen LogP contribution in [-0.2, 0) is 0 Å². The Hall–Kier alpha value is -3.39. The van der Waals surface area contributed by atoms with Crippen molar-refractivity contribution in [3.05, 3.63) is 102 Å². The molecule has 0 atom stereocenters. The van der Waals surface area contributed by atoms with Gasteiger partial charge in [-0.15, -0.1) is 0 Å². The summed E-state index contributed by atoms with van der Waals surface area (Å²) in [7, 11) is 0. The molecule has 0 bridgehead atoms. The first-order valence-corrected chi connectivity index (χ1v) is 10.1. The molecule has 0 amide bonds. The lowest BCUT2D eigenvalue weighted by molar-refractivity contribution is 0.834. The van der Waals surface area contributed by atoms with Crippen molar-refractivity contribution in [1.29, 1.82) is 0 Å². The molecule has 4 rings (SSSR count). The standard InChI is InChI=1S/C27H26N2/c1-18(2)16-24(20-10-6-4-7-11-20)22-14-15-23-25(21-12-8-5-9-13-21)17-19(3)29-27(23)26(22)28/h4-18H,28H2,1-3H3/b24-16-. The van der Waals surface area contributed by atoms with Crippen LogP contribution >= 0.6 is 0 Å². The van der Waals surface area contributed by atoms with E-state index in [4.69, 9.17) is 10.7 Å². The monoisotopic (exact) mass is 378 g/mol. The molecular weight excluding hydrogens is 352 g/mol. The van der Waals surface area contributed by atoms with Crippen molar-refractivity contribution in [3.8, 4) is 11.1 Å². The van der Waals surface area contributed by atoms with E-state index in [-0.39, 0.29) is 0 Å². The molecule has 0 spiro atoms. The van der Waals surface area contributed by atoms with Crippen LogP contribution in [0.15, 0.2) is 84.9 Å². The number of nitrogens with two attached hydrogens (primary N) is 1. The SMILES string of the molecule is Cc1cc(-c2ccccc2)c2ccc(/C(=C\C(C)C)c3ccccc3)c(N)c2n1. The Morgan fingerprint density at radius 1 is 0.897 bits per heavy atom. The van der Waals surface area contributed by atoms with Crippen LogP contribution in [0.2, 0.25) is 0 Å². The summed E-state index contributed by atoms with van der Waals surface area (Å²) in [6, 6.07) is 27.3. The van der Waals surface area contributed by atoms with Crippen LogP contribution in [0.4, 0.5) is 5.69 Å². The van der Waals surface area contributed by atoms with E-state index in [0.717, 1.165) is 33.4 Å². The van der Waals surface area contributed by atoms with Gasteiger partial charge in [-0.3, -0.25) is 4.98 Å². The maximum atomic E-state index is 6.75. The molecule has 0 aliphatic heterocycles. The molecule has 0 unspecified atom stereocenters. The third-order valence-corrected chi connectivity index (χ3v) is 5.11. The van der Waals surface area contributed by atoms with Gasteiger partial charge in [-0.05, 0) is 41.2 Å². The van der Waals surface area contributed by atoms with Gasteiger partial charge in [0.1, 0.15) is 0 Å². The number of aryl methyl sites for hydroxylation is 1. The number of rotatable bonds is 4. The molecule has 29 heavy (non-hydrogen) atoms. The maximum Gasteiger partial charge on any atom is 0.0946 e. The van der Waals surface area contributed by atoms with Crippen LogP contribution < -0.4 is 5.73 Å². The van der Waals surface area contributed by atoms with Gasteiger partial charge in [0.25, 0.3) is 0 Å². The minimum Gasteiger partial charge on any atom is -0.396 e. The number of nitrogens with zero attached hydrogens (tertiary/aromatic N) is 1. The molecule has 144 valence electrons. The Kier molecular flexibility index (Phi) is 5.18. The van der Waals surface area contributed by atoms with Crippen molar-refractivity contribution < 1.29 is 0 Å². The highest BCUT2D eigenvalue weighted by Crippen LogP contribution is 2.37. The highest BCUT2D eigenvalue weighted by Gasteiger charge is 2.15. The number of nitrogen functional groups attached to an aromatic ring is 1. The van der Waals surface area contributed by atoms with Gasteiger partial charge < -0.3 is 5.73 Å². The molecule has 2 heteroatoms. The highest BCUT2D eigenvalue weighted by atomic mass is 14.7. The van der Waals surface area contributed by atoms with E-state index in [0.29, 0.717) is 5.92 Å². The topological polar surface area (TPSA) is 38.9 Å². The number of aromatic nitrogens is 1. The summed E-state index contributed by atoms with van der Waals surface area (Å²) in [6.45, 7) is 6.41. The summed E-state index contributed by atoms with van der Waals surface area (Å²) in [6.07, 6.45) is 2.28. The first-order chi connectivity index (χ1) is 14.0. The number of hydrogen-bond donors (Lipinski definition) is 1. The van der Waals surface area contributed by atoms with Gasteiger partial charge in [-0.1, -0.05) is 92.7 Å². The summed E-state index contributed by atoms with van der Waals surface area (Å²) < 4.78 is 0. The summed E-state index contributed by atoms with van der Waals surface area (Å²) in [5, 5.41) is 1.08. The van der Waals surface area contributed by atoms with Crippen LogP contribution in [0.25, 0.3) is 27.6 Å². The van der Waals surface area contributed by atoms with Gasteiger partial charge in [0.05, 0.1) is 11.2 Å². The van der Waals surface area contributed by atoms with E-state index in [2.05, 4.69) is 86.7 Å². The minimum atomic E-state index is 0.408. The van der Waals surface area contributed by atoms with Crippen molar-refractivity contribution in [2.24, 2.45) is 5.92 Å². The van der Waals surface area contributed by atoms with Crippen molar-refractivity contribution in [3.63, 3.8) is 0 Å². The van der Waals surface area contributed by atoms with Gasteiger partial charge in [-0.25, -0.2) is 0 Å². The Balaban J connectivity index is 1.97. The summed E-state index contributed by atoms with van der Waals surface area (Å²) in [4.78, 5) is 4.83. The average molecular weight is 379 g/mol. The van der Waals surface area contributed by atoms with E-state index >= 15 is 0 Å². The van der Waals surface area contributed by atoms with Crippen molar-refractivity contribution in [2.45, 2.75) is 20.8 Å². The number of hydrogen-bond acceptors (Lipinski definition) is 2. The fraction of sp³-hybridized carbons (Fsp3) is 0.148. The zero-order valence-corrected chi connectivity index (χ0v) is 17.2. The van der Waals surface area contributed by atoms with E-state index in [1.54, 1.807) is 0 Å². The quantitative estimate of drug-likeness (QED) is 0.393. The molecule has 0 aliphatic rings. The molecule has 3 aromatic carbocycles. The second-order valence-corrected chi connectivity index (χ2v) is 7.79. The first-order valence-electron chi connectivity index (χ1n) is 10.1. The van der Waals surface area contributed by atoms with Crippen LogP contribution in [0.1, 0.15) is 30.7 Å². The van der Waals surface area contributed by atoms with E-state index < -0.39 is 0 Å². The fourth-order valence-electron chi connectivity index (χ4n) is 3.83.